The Kier molecular flexibility index (Phi) is 4.20. The molecule has 0 fully saturated rings. The first-order chi connectivity index (χ1) is 8.15. The van der Waals surface area contributed by atoms with E-state index in [0.717, 1.165) is 5.56 Å². The minimum Gasteiger partial charge on any atom is -0.507 e. The summed E-state index contributed by atoms with van der Waals surface area (Å²) >= 11 is 0. The molecule has 0 spiro atoms. The molecule has 0 aliphatic rings. The summed E-state index contributed by atoms with van der Waals surface area (Å²) in [5, 5.41) is 18.7. The summed E-state index contributed by atoms with van der Waals surface area (Å²) in [4.78, 5) is 0. The first kappa shape index (κ1) is 14.7. The molecule has 98 valence electrons. The summed E-state index contributed by atoms with van der Waals surface area (Å²) in [6, 6.07) is 7.04. The van der Waals surface area contributed by atoms with Crippen molar-refractivity contribution in [2.45, 2.75) is 45.3 Å². The SMILES string of the molecule is CC(C)(C)[SiH2]OC(C)(C)c1ccc(C#N)c(O)c1. The minimum atomic E-state index is -0.672. The lowest BCUT2D eigenvalue weighted by Crippen LogP contribution is -2.27. The third-order valence-corrected chi connectivity index (χ3v) is 4.41. The Balaban J connectivity index is 2.92. The van der Waals surface area contributed by atoms with E-state index in [0.29, 0.717) is 5.56 Å². The molecule has 4 heteroatoms. The normalized spacial score (nSPS) is 12.9. The van der Waals surface area contributed by atoms with E-state index >= 15 is 0 Å². The van der Waals surface area contributed by atoms with Gasteiger partial charge in [0.2, 0.25) is 0 Å². The number of phenolic OH excluding ortho intramolecular Hbond substituents is 1. The fraction of sp³-hybridized carbons (Fsp3) is 0.500. The van der Waals surface area contributed by atoms with Gasteiger partial charge in [-0.1, -0.05) is 26.8 Å². The van der Waals surface area contributed by atoms with E-state index in [2.05, 4.69) is 20.8 Å². The molecule has 0 saturated carbocycles. The van der Waals surface area contributed by atoms with Gasteiger partial charge in [-0.05, 0) is 36.6 Å². The molecule has 0 aliphatic carbocycles. The molecule has 0 amide bonds. The number of nitriles is 1. The van der Waals surface area contributed by atoms with Crippen LogP contribution in [0.15, 0.2) is 18.2 Å². The van der Waals surface area contributed by atoms with Crippen molar-refractivity contribution in [2.75, 3.05) is 0 Å². The summed E-state index contributed by atoms with van der Waals surface area (Å²) in [5.74, 6) is 0.0177. The second-order valence-corrected chi connectivity index (χ2v) is 8.90. The summed E-state index contributed by atoms with van der Waals surface area (Å²) < 4.78 is 6.05. The van der Waals surface area contributed by atoms with Crippen LogP contribution >= 0.6 is 0 Å². The van der Waals surface area contributed by atoms with Crippen molar-refractivity contribution in [2.24, 2.45) is 0 Å². The Hall–Kier alpha value is -1.31. The van der Waals surface area contributed by atoms with Gasteiger partial charge >= 0.3 is 0 Å². The van der Waals surface area contributed by atoms with Crippen LogP contribution in [-0.4, -0.2) is 14.9 Å². The molecule has 1 N–H and O–H groups in total. The van der Waals surface area contributed by atoms with Gasteiger partial charge in [0.15, 0.2) is 9.76 Å². The molecular formula is C14H21NO2Si. The molecule has 0 radical (unpaired) electrons. The quantitative estimate of drug-likeness (QED) is 0.853. The van der Waals surface area contributed by atoms with Crippen LogP contribution in [0.2, 0.25) is 5.04 Å². The fourth-order valence-corrected chi connectivity index (χ4v) is 2.44. The Morgan fingerprint density at radius 1 is 1.22 bits per heavy atom. The Bertz CT molecular complexity index is 470. The van der Waals surface area contributed by atoms with Crippen molar-refractivity contribution in [3.8, 4) is 11.8 Å². The topological polar surface area (TPSA) is 53.2 Å². The molecule has 0 aliphatic heterocycles. The van der Waals surface area contributed by atoms with Gasteiger partial charge in [0.1, 0.15) is 11.8 Å². The lowest BCUT2D eigenvalue weighted by molar-refractivity contribution is 0.109. The van der Waals surface area contributed by atoms with Crippen LogP contribution < -0.4 is 0 Å². The predicted octanol–water partition coefficient (Wildman–Crippen LogP) is 2.82. The summed E-state index contributed by atoms with van der Waals surface area (Å²) in [6.45, 7) is 10.5. The number of aromatic hydroxyl groups is 1. The van der Waals surface area contributed by atoms with Crippen LogP contribution in [0.3, 0.4) is 0 Å². The van der Waals surface area contributed by atoms with Gasteiger partial charge in [0.05, 0.1) is 11.2 Å². The van der Waals surface area contributed by atoms with Gasteiger partial charge in [0, 0.05) is 0 Å². The van der Waals surface area contributed by atoms with Crippen molar-refractivity contribution in [3.63, 3.8) is 0 Å². The van der Waals surface area contributed by atoms with E-state index in [1.165, 1.54) is 0 Å². The van der Waals surface area contributed by atoms with Crippen LogP contribution in [0.1, 0.15) is 45.7 Å². The Morgan fingerprint density at radius 2 is 1.83 bits per heavy atom. The molecule has 18 heavy (non-hydrogen) atoms. The fourth-order valence-electron chi connectivity index (χ4n) is 1.48. The standard InChI is InChI=1S/C14H21NO2Si/c1-13(2,3)18-17-14(4,5)11-7-6-10(9-15)12(16)8-11/h6-8,16H,18H2,1-5H3. The minimum absolute atomic E-state index is 0.0177. The molecule has 1 aromatic carbocycles. The molecule has 0 aromatic heterocycles. The van der Waals surface area contributed by atoms with Gasteiger partial charge < -0.3 is 9.53 Å². The van der Waals surface area contributed by atoms with Gasteiger partial charge in [-0.15, -0.1) is 0 Å². The molecule has 0 saturated heterocycles. The van der Waals surface area contributed by atoms with Crippen molar-refractivity contribution in [3.05, 3.63) is 29.3 Å². The molecule has 0 atom stereocenters. The molecule has 3 nitrogen and oxygen atoms in total. The van der Waals surface area contributed by atoms with Gasteiger partial charge in [0.25, 0.3) is 0 Å². The average Bonchev–Trinajstić information content (AvgIpc) is 2.25. The number of benzene rings is 1. The Morgan fingerprint density at radius 3 is 2.28 bits per heavy atom. The van der Waals surface area contributed by atoms with E-state index in [-0.39, 0.29) is 10.8 Å². The summed E-state index contributed by atoms with van der Waals surface area (Å²) in [5.41, 5.74) is 0.767. The predicted molar refractivity (Wildman–Crippen MR) is 75.2 cm³/mol. The Labute approximate surface area is 111 Å². The first-order valence-electron chi connectivity index (χ1n) is 6.03. The van der Waals surface area contributed by atoms with Gasteiger partial charge in [-0.3, -0.25) is 0 Å². The largest absolute Gasteiger partial charge is 0.507 e. The van der Waals surface area contributed by atoms with E-state index < -0.39 is 15.4 Å². The number of phenols is 1. The lowest BCUT2D eigenvalue weighted by Gasteiger charge is -2.30. The van der Waals surface area contributed by atoms with E-state index in [1.807, 2.05) is 26.0 Å². The second-order valence-electron chi connectivity index (χ2n) is 6.20. The zero-order valence-electron chi connectivity index (χ0n) is 11.7. The molecule has 0 bridgehead atoms. The smallest absolute Gasteiger partial charge is 0.168 e. The highest BCUT2D eigenvalue weighted by Gasteiger charge is 2.25. The number of rotatable bonds is 3. The van der Waals surface area contributed by atoms with Gasteiger partial charge in [-0.2, -0.15) is 5.26 Å². The average molecular weight is 263 g/mol. The molecule has 0 unspecified atom stereocenters. The van der Waals surface area contributed by atoms with Crippen LogP contribution in [0.4, 0.5) is 0 Å². The number of hydrogen-bond donors (Lipinski definition) is 1. The number of nitrogens with zero attached hydrogens (tertiary/aromatic N) is 1. The molecule has 1 aromatic rings. The summed E-state index contributed by atoms with van der Waals surface area (Å²) in [6.07, 6.45) is 0. The highest BCUT2D eigenvalue weighted by Crippen LogP contribution is 2.31. The molecular weight excluding hydrogens is 242 g/mol. The monoisotopic (exact) mass is 263 g/mol. The maximum absolute atomic E-state index is 9.72. The van der Waals surface area contributed by atoms with Crippen LogP contribution in [0.5, 0.6) is 5.75 Å². The van der Waals surface area contributed by atoms with Crippen molar-refractivity contribution < 1.29 is 9.53 Å². The van der Waals surface area contributed by atoms with Crippen molar-refractivity contribution >= 4 is 9.76 Å². The van der Waals surface area contributed by atoms with E-state index in [9.17, 15) is 5.11 Å². The third-order valence-electron chi connectivity index (χ3n) is 2.68. The molecule has 1 rings (SSSR count). The summed E-state index contributed by atoms with van der Waals surface area (Å²) in [7, 11) is -0.672. The highest BCUT2D eigenvalue weighted by molar-refractivity contribution is 6.31. The number of hydrogen-bond acceptors (Lipinski definition) is 3. The van der Waals surface area contributed by atoms with Crippen LogP contribution in [0, 0.1) is 11.3 Å². The van der Waals surface area contributed by atoms with Crippen molar-refractivity contribution in [1.29, 1.82) is 5.26 Å². The zero-order chi connectivity index (χ0) is 14.0. The van der Waals surface area contributed by atoms with Crippen LogP contribution in [0.25, 0.3) is 0 Å². The van der Waals surface area contributed by atoms with E-state index in [4.69, 9.17) is 9.69 Å². The maximum Gasteiger partial charge on any atom is 0.168 e. The van der Waals surface area contributed by atoms with Crippen LogP contribution in [-0.2, 0) is 10.0 Å². The zero-order valence-corrected chi connectivity index (χ0v) is 13.2. The van der Waals surface area contributed by atoms with Gasteiger partial charge in [-0.25, -0.2) is 0 Å². The second kappa shape index (κ2) is 5.13. The maximum atomic E-state index is 9.72. The van der Waals surface area contributed by atoms with Crippen molar-refractivity contribution in [1.82, 2.24) is 0 Å². The third kappa shape index (κ3) is 3.86. The molecule has 0 heterocycles. The highest BCUT2D eigenvalue weighted by atomic mass is 28.2. The first-order valence-corrected chi connectivity index (χ1v) is 7.32. The lowest BCUT2D eigenvalue weighted by atomic mass is 9.97. The van der Waals surface area contributed by atoms with E-state index in [1.54, 1.807) is 12.1 Å².